The molecule has 2 amide bonds. The third kappa shape index (κ3) is 8.03. The second-order valence-corrected chi connectivity index (χ2v) is 14.4. The number of piperazine rings is 1. The molecule has 0 bridgehead atoms. The summed E-state index contributed by atoms with van der Waals surface area (Å²) < 4.78 is 53.7. The highest BCUT2D eigenvalue weighted by atomic mass is 35.5. The van der Waals surface area contributed by atoms with Gasteiger partial charge in [0.1, 0.15) is 11.9 Å². The summed E-state index contributed by atoms with van der Waals surface area (Å²) in [6.07, 6.45) is 2.50. The Bertz CT molecular complexity index is 1670. The maximum atomic E-state index is 15.4. The number of alkyl carbamates (subject to hydrolysis) is 1. The molecule has 252 valence electrons. The van der Waals surface area contributed by atoms with Gasteiger partial charge in [-0.3, -0.25) is 4.79 Å². The Labute approximate surface area is 279 Å². The lowest BCUT2D eigenvalue weighted by Gasteiger charge is -2.40. The molecule has 0 unspecified atom stereocenters. The number of pyridine rings is 1. The van der Waals surface area contributed by atoms with Gasteiger partial charge in [0.2, 0.25) is 21.8 Å². The highest BCUT2D eigenvalue weighted by molar-refractivity contribution is 7.90. The monoisotopic (exact) mass is 687 g/mol. The van der Waals surface area contributed by atoms with Gasteiger partial charge in [-0.2, -0.15) is 4.31 Å². The molecule has 2 heterocycles. The van der Waals surface area contributed by atoms with Crippen LogP contribution in [0, 0.1) is 5.82 Å². The van der Waals surface area contributed by atoms with E-state index < -0.39 is 39.8 Å². The van der Waals surface area contributed by atoms with E-state index in [0.717, 1.165) is 0 Å². The Balaban J connectivity index is 1.45. The number of nitrogens with zero attached hydrogens (tertiary/aromatic N) is 2. The lowest BCUT2D eigenvalue weighted by Crippen LogP contribution is -2.59. The Morgan fingerprint density at radius 3 is 2.45 bits per heavy atom. The van der Waals surface area contributed by atoms with Crippen LogP contribution in [-0.2, 0) is 26.0 Å². The molecule has 0 radical (unpaired) electrons. The number of nitrogens with one attached hydrogen (secondary N) is 3. The zero-order valence-electron chi connectivity index (χ0n) is 26.4. The summed E-state index contributed by atoms with van der Waals surface area (Å²) in [5.41, 5.74) is 1.67. The summed E-state index contributed by atoms with van der Waals surface area (Å²) >= 11 is 6.16. The third-order valence-electron chi connectivity index (χ3n) is 8.59. The fourth-order valence-electron chi connectivity index (χ4n) is 6.11. The maximum absolute atomic E-state index is 15.4. The molecule has 3 aromatic rings. The van der Waals surface area contributed by atoms with E-state index in [1.54, 1.807) is 53.0 Å². The predicted octanol–water partition coefficient (Wildman–Crippen LogP) is 4.47. The van der Waals surface area contributed by atoms with Gasteiger partial charge >= 0.3 is 6.09 Å². The van der Waals surface area contributed by atoms with E-state index in [-0.39, 0.29) is 35.0 Å². The summed E-state index contributed by atoms with van der Waals surface area (Å²) in [6, 6.07) is 12.7. The van der Waals surface area contributed by atoms with Crippen LogP contribution in [0.5, 0.6) is 5.88 Å². The number of hydrogen-bond donors (Lipinski definition) is 3. The van der Waals surface area contributed by atoms with Gasteiger partial charge in [0.15, 0.2) is 0 Å². The topological polar surface area (TPSA) is 139 Å². The number of halogens is 2. The smallest absolute Gasteiger partial charge is 0.407 e. The number of ether oxygens (including phenoxy) is 2. The largest absolute Gasteiger partial charge is 0.481 e. The number of carbonyl (C=O) groups excluding carboxylic acids is 2. The number of sulfonamides is 1. The number of methoxy groups -OCH3 is 2. The molecule has 11 nitrogen and oxygen atoms in total. The maximum Gasteiger partial charge on any atom is 0.407 e. The van der Waals surface area contributed by atoms with Gasteiger partial charge in [-0.25, -0.2) is 22.6 Å². The summed E-state index contributed by atoms with van der Waals surface area (Å²) in [7, 11) is -0.794. The highest BCUT2D eigenvalue weighted by Gasteiger charge is 2.45. The van der Waals surface area contributed by atoms with Crippen LogP contribution in [0.15, 0.2) is 60.8 Å². The first-order valence-corrected chi connectivity index (χ1v) is 17.3. The summed E-state index contributed by atoms with van der Waals surface area (Å²) in [6.45, 7) is 2.85. The molecule has 0 spiro atoms. The first kappa shape index (κ1) is 34.6. The van der Waals surface area contributed by atoms with Crippen molar-refractivity contribution in [2.75, 3.05) is 32.6 Å². The summed E-state index contributed by atoms with van der Waals surface area (Å²) in [5, 5.41) is 8.90. The number of aromatic nitrogens is 1. The van der Waals surface area contributed by atoms with Crippen LogP contribution < -0.4 is 20.7 Å². The number of rotatable bonds is 12. The van der Waals surface area contributed by atoms with E-state index in [4.69, 9.17) is 21.1 Å². The third-order valence-corrected chi connectivity index (χ3v) is 11.4. The molecule has 2 aromatic carbocycles. The lowest BCUT2D eigenvalue weighted by molar-refractivity contribution is -0.118. The van der Waals surface area contributed by atoms with Crippen molar-refractivity contribution >= 4 is 39.3 Å². The van der Waals surface area contributed by atoms with Gasteiger partial charge in [-0.1, -0.05) is 35.9 Å². The summed E-state index contributed by atoms with van der Waals surface area (Å²) in [5.74, 6) is -1.58. The van der Waals surface area contributed by atoms with Crippen molar-refractivity contribution in [3.8, 4) is 5.88 Å². The Hall–Kier alpha value is -3.78. The van der Waals surface area contributed by atoms with Crippen molar-refractivity contribution in [2.45, 2.75) is 61.9 Å². The van der Waals surface area contributed by atoms with Crippen LogP contribution >= 0.6 is 11.6 Å². The summed E-state index contributed by atoms with van der Waals surface area (Å²) in [4.78, 5) is 31.0. The van der Waals surface area contributed by atoms with Crippen LogP contribution in [0.2, 0.25) is 5.02 Å². The Kier molecular flexibility index (Phi) is 11.0. The van der Waals surface area contributed by atoms with Crippen molar-refractivity contribution in [1.82, 2.24) is 19.9 Å². The number of carbonyl (C=O) groups is 2. The fourth-order valence-corrected chi connectivity index (χ4v) is 8.48. The number of anilines is 1. The van der Waals surface area contributed by atoms with Crippen LogP contribution in [0.3, 0.4) is 0 Å². The van der Waals surface area contributed by atoms with E-state index in [0.29, 0.717) is 54.4 Å². The molecule has 3 N–H and O–H groups in total. The van der Waals surface area contributed by atoms with Crippen molar-refractivity contribution in [3.05, 3.63) is 88.3 Å². The lowest BCUT2D eigenvalue weighted by atomic mass is 9.85. The molecular weight excluding hydrogens is 649 g/mol. The number of hydrogen-bond acceptors (Lipinski definition) is 8. The molecule has 1 aromatic heterocycles. The minimum atomic E-state index is -3.47. The minimum Gasteiger partial charge on any atom is -0.481 e. The van der Waals surface area contributed by atoms with Gasteiger partial charge in [0, 0.05) is 59.6 Å². The van der Waals surface area contributed by atoms with E-state index in [9.17, 15) is 18.0 Å². The standard InChI is InChI=1S/C33H39ClFN5O6S/c1-20-17-36-19-24(40(20)47(43,44)25-13-14-25)12-15-26-27(35)5-4-6-28(26)38-32(41)31(39-33(42)46-3)30(21-7-10-23(34)11-8-21)22-9-16-29(45-2)37-18-22/h4-11,16,18,20,24-25,30-31,36H,12-15,17,19H2,1-3H3,(H,38,41)(H,39,42)/t20-,24+,30+,31+/m1/s1. The average Bonchev–Trinajstić information content (AvgIpc) is 3.92. The second-order valence-electron chi connectivity index (χ2n) is 11.8. The van der Waals surface area contributed by atoms with E-state index in [2.05, 4.69) is 20.9 Å². The predicted molar refractivity (Wildman–Crippen MR) is 177 cm³/mol. The van der Waals surface area contributed by atoms with E-state index in [1.165, 1.54) is 26.4 Å². The van der Waals surface area contributed by atoms with Crippen LogP contribution in [0.1, 0.15) is 48.8 Å². The SMILES string of the molecule is COC(=O)N[C@H](C(=O)Nc1cccc(F)c1CC[C@H]1CNC[C@@H](C)N1S(=O)(=O)C1CC1)[C@@H](c1ccc(Cl)cc1)c1ccc(OC)nc1. The van der Waals surface area contributed by atoms with Gasteiger partial charge < -0.3 is 25.4 Å². The highest BCUT2D eigenvalue weighted by Crippen LogP contribution is 2.35. The number of amides is 2. The zero-order valence-corrected chi connectivity index (χ0v) is 28.0. The Morgan fingerprint density at radius 1 is 1.09 bits per heavy atom. The molecule has 1 aliphatic heterocycles. The van der Waals surface area contributed by atoms with Crippen molar-refractivity contribution in [1.29, 1.82) is 0 Å². The first-order valence-electron chi connectivity index (χ1n) is 15.4. The zero-order chi connectivity index (χ0) is 33.7. The Morgan fingerprint density at radius 2 is 1.81 bits per heavy atom. The van der Waals surface area contributed by atoms with Crippen LogP contribution in [0.4, 0.5) is 14.9 Å². The van der Waals surface area contributed by atoms with Gasteiger partial charge in [0.05, 0.1) is 19.5 Å². The van der Waals surface area contributed by atoms with Crippen LogP contribution in [0.25, 0.3) is 0 Å². The van der Waals surface area contributed by atoms with E-state index in [1.807, 2.05) is 6.92 Å². The molecule has 1 aliphatic carbocycles. The normalized spacial score (nSPS) is 19.8. The first-order chi connectivity index (χ1) is 22.5. The van der Waals surface area contributed by atoms with Crippen molar-refractivity contribution in [2.24, 2.45) is 0 Å². The average molecular weight is 688 g/mol. The molecule has 1 saturated carbocycles. The number of benzene rings is 2. The molecule has 14 heteroatoms. The van der Waals surface area contributed by atoms with Gasteiger partial charge in [-0.15, -0.1) is 0 Å². The van der Waals surface area contributed by atoms with Gasteiger partial charge in [0.25, 0.3) is 0 Å². The minimum absolute atomic E-state index is 0.163. The molecule has 5 rings (SSSR count). The molecular formula is C33H39ClFN5O6S. The second kappa shape index (κ2) is 15.0. The van der Waals surface area contributed by atoms with E-state index >= 15 is 4.39 Å². The van der Waals surface area contributed by atoms with Crippen molar-refractivity contribution in [3.63, 3.8) is 0 Å². The molecule has 4 atom stereocenters. The molecule has 47 heavy (non-hydrogen) atoms. The van der Waals surface area contributed by atoms with Crippen LogP contribution in [-0.4, -0.2) is 80.4 Å². The molecule has 2 aliphatic rings. The fraction of sp³-hybridized carbons (Fsp3) is 0.424. The quantitative estimate of drug-likeness (QED) is 0.254. The van der Waals surface area contributed by atoms with Crippen molar-refractivity contribution < 1.29 is 31.9 Å². The molecule has 2 fully saturated rings. The molecule has 1 saturated heterocycles. The van der Waals surface area contributed by atoms with Gasteiger partial charge in [-0.05, 0) is 68.0 Å².